The van der Waals surface area contributed by atoms with Gasteiger partial charge in [0.1, 0.15) is 24.5 Å². The topological polar surface area (TPSA) is 139 Å². The molecule has 11 heteroatoms. The van der Waals surface area contributed by atoms with Gasteiger partial charge in [0.2, 0.25) is 11.8 Å². The largest absolute Gasteiger partial charge is 0.324 e. The van der Waals surface area contributed by atoms with Gasteiger partial charge in [0, 0.05) is 11.3 Å². The van der Waals surface area contributed by atoms with Crippen molar-refractivity contribution in [1.82, 2.24) is 9.78 Å². The maximum Gasteiger partial charge on any atom is 0.312 e. The second-order valence-corrected chi connectivity index (χ2v) is 7.52. The van der Waals surface area contributed by atoms with Gasteiger partial charge in [-0.15, -0.1) is 0 Å². The molecule has 3 aromatic rings. The van der Waals surface area contributed by atoms with Crippen LogP contribution in [0, 0.1) is 24.0 Å². The molecule has 0 saturated carbocycles. The monoisotopic (exact) mass is 448 g/mol. The molecule has 11 nitrogen and oxygen atoms in total. The third-order valence-corrected chi connectivity index (χ3v) is 5.25. The van der Waals surface area contributed by atoms with Crippen LogP contribution in [0.25, 0.3) is 0 Å². The maximum atomic E-state index is 13.0. The number of amides is 3. The molecule has 0 radical (unpaired) electrons. The van der Waals surface area contributed by atoms with Crippen LogP contribution in [-0.4, -0.2) is 39.0 Å². The number of rotatable bonds is 5. The van der Waals surface area contributed by atoms with E-state index in [1.165, 1.54) is 23.4 Å². The van der Waals surface area contributed by atoms with Gasteiger partial charge in [-0.1, -0.05) is 12.1 Å². The minimum absolute atomic E-state index is 0.0941. The Balaban J connectivity index is 1.45. The highest BCUT2D eigenvalue weighted by Crippen LogP contribution is 2.30. The number of para-hydroxylation sites is 2. The first-order valence-corrected chi connectivity index (χ1v) is 10.0. The van der Waals surface area contributed by atoms with E-state index < -0.39 is 10.8 Å². The van der Waals surface area contributed by atoms with Gasteiger partial charge in [-0.3, -0.25) is 34.1 Å². The fourth-order valence-electron chi connectivity index (χ4n) is 3.71. The van der Waals surface area contributed by atoms with Crippen LogP contribution in [0.15, 0.2) is 48.5 Å². The van der Waals surface area contributed by atoms with Gasteiger partial charge in [0.25, 0.3) is 5.91 Å². The highest BCUT2D eigenvalue weighted by atomic mass is 16.6. The molecule has 33 heavy (non-hydrogen) atoms. The van der Waals surface area contributed by atoms with Gasteiger partial charge in [0.05, 0.1) is 16.3 Å². The van der Waals surface area contributed by atoms with Crippen molar-refractivity contribution in [3.8, 4) is 0 Å². The molecule has 0 atom stereocenters. The second kappa shape index (κ2) is 8.54. The van der Waals surface area contributed by atoms with Gasteiger partial charge in [-0.05, 0) is 50.2 Å². The molecule has 0 bridgehead atoms. The highest BCUT2D eigenvalue weighted by molar-refractivity contribution is 6.15. The minimum Gasteiger partial charge on any atom is -0.324 e. The van der Waals surface area contributed by atoms with Crippen molar-refractivity contribution in [2.24, 2.45) is 0 Å². The summed E-state index contributed by atoms with van der Waals surface area (Å²) in [5, 5.41) is 20.6. The van der Waals surface area contributed by atoms with E-state index in [-0.39, 0.29) is 36.3 Å². The first-order chi connectivity index (χ1) is 15.7. The number of hydrogen-bond acceptors (Lipinski definition) is 6. The zero-order valence-electron chi connectivity index (χ0n) is 17.9. The zero-order chi connectivity index (χ0) is 23.7. The third kappa shape index (κ3) is 4.28. The van der Waals surface area contributed by atoms with Crippen LogP contribution in [-0.2, 0) is 16.1 Å². The Hall–Kier alpha value is -4.54. The van der Waals surface area contributed by atoms with E-state index in [1.54, 1.807) is 48.5 Å². The van der Waals surface area contributed by atoms with Crippen molar-refractivity contribution in [1.29, 1.82) is 0 Å². The Kier molecular flexibility index (Phi) is 5.61. The van der Waals surface area contributed by atoms with E-state index in [0.717, 1.165) is 0 Å². The molecule has 168 valence electrons. The third-order valence-electron chi connectivity index (χ3n) is 5.25. The molecule has 4 rings (SSSR count). The Morgan fingerprint density at radius 1 is 1.15 bits per heavy atom. The first-order valence-electron chi connectivity index (χ1n) is 10.0. The van der Waals surface area contributed by atoms with Crippen LogP contribution in [0.1, 0.15) is 21.7 Å². The van der Waals surface area contributed by atoms with Crippen LogP contribution in [0.4, 0.5) is 22.7 Å². The number of aromatic nitrogens is 2. The zero-order valence-corrected chi connectivity index (χ0v) is 17.9. The SMILES string of the molecule is Cc1nn(CC(=O)Nc2ccc(C(=O)N3CC(=O)Nc4ccccc43)cc2)c(C)c1[N+](=O)[O-]. The number of nitrogens with one attached hydrogen (secondary N) is 2. The van der Waals surface area contributed by atoms with Crippen molar-refractivity contribution in [3.05, 3.63) is 75.6 Å². The van der Waals surface area contributed by atoms with Gasteiger partial charge < -0.3 is 10.6 Å². The van der Waals surface area contributed by atoms with E-state index in [4.69, 9.17) is 0 Å². The molecule has 2 N–H and O–H groups in total. The summed E-state index contributed by atoms with van der Waals surface area (Å²) in [4.78, 5) is 49.4. The van der Waals surface area contributed by atoms with Crippen LogP contribution < -0.4 is 15.5 Å². The summed E-state index contributed by atoms with van der Waals surface area (Å²) in [5.41, 5.74) is 2.39. The minimum atomic E-state index is -0.522. The number of fused-ring (bicyclic) bond motifs is 1. The van der Waals surface area contributed by atoms with E-state index in [1.807, 2.05) is 0 Å². The predicted molar refractivity (Wildman–Crippen MR) is 120 cm³/mol. The summed E-state index contributed by atoms with van der Waals surface area (Å²) < 4.78 is 1.28. The molecule has 3 amide bonds. The number of nitro groups is 1. The van der Waals surface area contributed by atoms with Gasteiger partial charge in [-0.2, -0.15) is 5.10 Å². The number of benzene rings is 2. The smallest absolute Gasteiger partial charge is 0.312 e. The normalized spacial score (nSPS) is 12.7. The number of carbonyl (C=O) groups is 3. The fourth-order valence-corrected chi connectivity index (χ4v) is 3.71. The van der Waals surface area contributed by atoms with Crippen molar-refractivity contribution in [2.45, 2.75) is 20.4 Å². The summed E-state index contributed by atoms with van der Waals surface area (Å²) in [6.45, 7) is 2.76. The lowest BCUT2D eigenvalue weighted by molar-refractivity contribution is -0.386. The summed E-state index contributed by atoms with van der Waals surface area (Å²) in [6, 6.07) is 13.3. The average molecular weight is 448 g/mol. The molecular weight excluding hydrogens is 428 g/mol. The maximum absolute atomic E-state index is 13.0. The summed E-state index contributed by atoms with van der Waals surface area (Å²) in [6.07, 6.45) is 0. The molecule has 0 unspecified atom stereocenters. The number of carbonyl (C=O) groups excluding carboxylic acids is 3. The lowest BCUT2D eigenvalue weighted by Gasteiger charge is -2.29. The number of nitrogens with zero attached hydrogens (tertiary/aromatic N) is 4. The molecule has 1 aromatic heterocycles. The Labute approximate surface area is 188 Å². The second-order valence-electron chi connectivity index (χ2n) is 7.52. The molecule has 0 saturated heterocycles. The fraction of sp³-hybridized carbons (Fsp3) is 0.182. The molecule has 2 heterocycles. The van der Waals surface area contributed by atoms with E-state index in [2.05, 4.69) is 15.7 Å². The first kappa shape index (κ1) is 21.7. The van der Waals surface area contributed by atoms with Crippen LogP contribution in [0.2, 0.25) is 0 Å². The standard InChI is InChI=1S/C22H20N6O5/c1-13-21(28(32)33)14(2)27(25-13)12-20(30)23-16-9-7-15(8-10-16)22(31)26-11-19(29)24-17-5-3-4-6-18(17)26/h3-10H,11-12H2,1-2H3,(H,23,30)(H,24,29). The number of aryl methyl sites for hydroxylation is 1. The number of anilines is 3. The van der Waals surface area contributed by atoms with E-state index in [9.17, 15) is 24.5 Å². The highest BCUT2D eigenvalue weighted by Gasteiger charge is 2.27. The predicted octanol–water partition coefficient (Wildman–Crippen LogP) is 2.65. The van der Waals surface area contributed by atoms with E-state index >= 15 is 0 Å². The summed E-state index contributed by atoms with van der Waals surface area (Å²) in [5.74, 6) is -1.04. The molecule has 2 aromatic carbocycles. The Morgan fingerprint density at radius 2 is 1.85 bits per heavy atom. The Bertz CT molecular complexity index is 1280. The molecule has 0 fully saturated rings. The van der Waals surface area contributed by atoms with Gasteiger partial charge >= 0.3 is 5.69 Å². The van der Waals surface area contributed by atoms with E-state index in [0.29, 0.717) is 28.3 Å². The lowest BCUT2D eigenvalue weighted by Crippen LogP contribution is -2.42. The number of hydrogen-bond donors (Lipinski definition) is 2. The molecule has 0 spiro atoms. The van der Waals surface area contributed by atoms with Crippen LogP contribution >= 0.6 is 0 Å². The van der Waals surface area contributed by atoms with Crippen molar-refractivity contribution in [3.63, 3.8) is 0 Å². The van der Waals surface area contributed by atoms with Crippen molar-refractivity contribution in [2.75, 3.05) is 22.1 Å². The molecular formula is C22H20N6O5. The summed E-state index contributed by atoms with van der Waals surface area (Å²) >= 11 is 0. The quantitative estimate of drug-likeness (QED) is 0.454. The average Bonchev–Trinajstić information content (AvgIpc) is 3.05. The van der Waals surface area contributed by atoms with Crippen LogP contribution in [0.5, 0.6) is 0 Å². The van der Waals surface area contributed by atoms with Gasteiger partial charge in [-0.25, -0.2) is 0 Å². The van der Waals surface area contributed by atoms with Crippen molar-refractivity contribution >= 4 is 40.5 Å². The molecule has 1 aliphatic rings. The summed E-state index contributed by atoms with van der Waals surface area (Å²) in [7, 11) is 0. The van der Waals surface area contributed by atoms with Crippen molar-refractivity contribution < 1.29 is 19.3 Å². The Morgan fingerprint density at radius 3 is 2.52 bits per heavy atom. The van der Waals surface area contributed by atoms with Gasteiger partial charge in [0.15, 0.2) is 0 Å². The lowest BCUT2D eigenvalue weighted by atomic mass is 10.1. The molecule has 1 aliphatic heterocycles. The molecule has 0 aliphatic carbocycles. The van der Waals surface area contributed by atoms with Crippen LogP contribution in [0.3, 0.4) is 0 Å².